The van der Waals surface area contributed by atoms with Crippen molar-refractivity contribution < 1.29 is 33.6 Å². The summed E-state index contributed by atoms with van der Waals surface area (Å²) in [7, 11) is 7.47. The number of nitrogens with one attached hydrogen (secondary N) is 1. The number of amides is 2. The van der Waals surface area contributed by atoms with Crippen LogP contribution in [-0.4, -0.2) is 73.9 Å². The first-order valence-electron chi connectivity index (χ1n) is 20.1. The molecule has 0 spiro atoms. The first kappa shape index (κ1) is 42.3. The van der Waals surface area contributed by atoms with E-state index in [1.165, 1.54) is 48.4 Å². The number of rotatable bonds is 11. The van der Waals surface area contributed by atoms with Crippen molar-refractivity contribution in [2.45, 2.75) is 43.3 Å². The molecule has 6 aromatic rings. The van der Waals surface area contributed by atoms with E-state index < -0.39 is 52.0 Å². The monoisotopic (exact) mass is 909 g/mol. The molecule has 3 aliphatic rings. The van der Waals surface area contributed by atoms with Crippen LogP contribution in [0.2, 0.25) is 10.0 Å². The molecule has 0 radical (unpaired) electrons. The highest BCUT2D eigenvalue weighted by molar-refractivity contribution is 6.36. The topological polar surface area (TPSA) is 190 Å². The molecule has 2 fully saturated rings. The van der Waals surface area contributed by atoms with Crippen LogP contribution in [0.15, 0.2) is 98.8 Å². The lowest BCUT2D eigenvalue weighted by Gasteiger charge is -2.49. The maximum absolute atomic E-state index is 15.6. The molecule has 64 heavy (non-hydrogen) atoms. The van der Waals surface area contributed by atoms with Gasteiger partial charge >= 0.3 is 11.4 Å². The van der Waals surface area contributed by atoms with Gasteiger partial charge in [0.05, 0.1) is 74.1 Å². The molecule has 330 valence electrons. The number of hydrogen-bond acceptors (Lipinski definition) is 12. The van der Waals surface area contributed by atoms with Crippen molar-refractivity contribution in [3.63, 3.8) is 0 Å². The lowest BCUT2D eigenvalue weighted by atomic mass is 9.53. The number of benzene rings is 4. The zero-order valence-corrected chi connectivity index (χ0v) is 36.6. The smallest absolute Gasteiger partial charge is 0.347 e. The molecule has 17 nitrogen and oxygen atoms in total. The number of fused-ring (bicyclic) bond motifs is 5. The first-order valence-corrected chi connectivity index (χ1v) is 20.9. The van der Waals surface area contributed by atoms with Gasteiger partial charge in [-0.1, -0.05) is 53.5 Å². The van der Waals surface area contributed by atoms with Crippen LogP contribution in [0.25, 0.3) is 11.0 Å². The Morgan fingerprint density at radius 2 is 1.58 bits per heavy atom. The minimum absolute atomic E-state index is 0.0779. The molecular formula is C45H41Cl2N7O10. The number of carbonyl (C=O) groups excluding carboxylic acids is 2. The van der Waals surface area contributed by atoms with Gasteiger partial charge in [0, 0.05) is 48.6 Å². The van der Waals surface area contributed by atoms with Crippen LogP contribution in [0.4, 0.5) is 5.69 Å². The van der Waals surface area contributed by atoms with E-state index >= 15 is 9.59 Å². The number of allylic oxidation sites excluding steroid dienone is 2. The third kappa shape index (κ3) is 6.27. The van der Waals surface area contributed by atoms with Crippen LogP contribution in [0.5, 0.6) is 28.7 Å². The maximum Gasteiger partial charge on any atom is 0.347 e. The van der Waals surface area contributed by atoms with Crippen LogP contribution >= 0.6 is 23.2 Å². The zero-order chi connectivity index (χ0) is 45.4. The summed E-state index contributed by atoms with van der Waals surface area (Å²) in [5.74, 6) is -2.44. The van der Waals surface area contributed by atoms with Crippen molar-refractivity contribution >= 4 is 51.7 Å². The summed E-state index contributed by atoms with van der Waals surface area (Å²) in [5, 5.41) is 13.4. The number of halogens is 2. The third-order valence-corrected chi connectivity index (χ3v) is 13.3. The summed E-state index contributed by atoms with van der Waals surface area (Å²) in [5.41, 5.74) is 1.89. The Morgan fingerprint density at radius 1 is 0.859 bits per heavy atom. The Morgan fingerprint density at radius 3 is 2.27 bits per heavy atom. The van der Waals surface area contributed by atoms with Crippen molar-refractivity contribution in [2.75, 3.05) is 33.9 Å². The van der Waals surface area contributed by atoms with E-state index in [9.17, 15) is 19.5 Å². The van der Waals surface area contributed by atoms with Gasteiger partial charge in [-0.15, -0.1) is 0 Å². The summed E-state index contributed by atoms with van der Waals surface area (Å²) in [6.07, 6.45) is 1.58. The summed E-state index contributed by atoms with van der Waals surface area (Å²) in [6.45, 7) is -0.302. The highest BCUT2D eigenvalue weighted by Gasteiger charge is 2.69. The average molecular weight is 911 g/mol. The van der Waals surface area contributed by atoms with Gasteiger partial charge in [0.25, 0.3) is 17.4 Å². The van der Waals surface area contributed by atoms with Gasteiger partial charge in [-0.05, 0) is 54.0 Å². The molecule has 2 amide bonds. The number of phenols is 1. The first-order chi connectivity index (χ1) is 30.8. The second-order valence-corrected chi connectivity index (χ2v) is 16.5. The Labute approximate surface area is 374 Å². The normalized spacial score (nSPS) is 20.1. The van der Waals surface area contributed by atoms with E-state index in [1.807, 2.05) is 0 Å². The molecule has 4 atom stereocenters. The van der Waals surface area contributed by atoms with E-state index in [-0.39, 0.29) is 59.4 Å². The fourth-order valence-electron chi connectivity index (χ4n) is 9.72. The molecule has 2 N–H and O–H groups in total. The van der Waals surface area contributed by atoms with Crippen molar-refractivity contribution in [1.29, 1.82) is 0 Å². The number of aromatic hydroxyl groups is 1. The fourth-order valence-corrected chi connectivity index (χ4v) is 10.2. The Balaban J connectivity index is 1.19. The molecule has 1 saturated carbocycles. The summed E-state index contributed by atoms with van der Waals surface area (Å²) in [4.78, 5) is 77.8. The number of aromatic nitrogens is 5. The van der Waals surface area contributed by atoms with Crippen molar-refractivity contribution in [2.24, 2.45) is 13.0 Å². The Bertz CT molecular complexity index is 3140. The number of para-hydroxylation sites is 1. The number of hydrogen-bond donors (Lipinski definition) is 2. The fraction of sp³-hybridized carbons (Fsp3) is 0.289. The number of hydrazine groups is 1. The van der Waals surface area contributed by atoms with Crippen LogP contribution in [0.1, 0.15) is 35.2 Å². The van der Waals surface area contributed by atoms with Gasteiger partial charge in [0.1, 0.15) is 11.4 Å². The van der Waals surface area contributed by atoms with Crippen LogP contribution in [0, 0.1) is 5.92 Å². The highest BCUT2D eigenvalue weighted by Crippen LogP contribution is 2.63. The maximum atomic E-state index is 15.6. The SMILES string of the molecule is COc1ccc([C@@]23C(=O)N(Nc4ccc(Cl)cc4Cl)C(=O)[C@@H]2C[C@@H]2C(=CCn4c(=O)n(CCc5nc6cc(OC)c(OC)cc6n(C)c5=O)c(=O)n42)[C@@H]3c2cccc(OC)c2O)cc1. The molecule has 9 rings (SSSR count). The predicted octanol–water partition coefficient (Wildman–Crippen LogP) is 4.97. The standard InChI is InChI=1S/C45H41Cl2N7O10/c1-50-34-22-37(64-5)36(63-4)21-32(34)48-31(41(50)57)16-17-51-43(59)52-18-15-26-33(54(52)44(51)60)20-28-40(56)53(49-30-14-11-24(46)19-29(30)47)42(58)45(28,23-9-12-25(61-2)13-10-23)38(26)27-7-6-8-35(62-3)39(27)55/h6-15,19,21-22,28,33,38,49,55H,16-18,20H2,1-5H3/t28-,33+,38+,45+/m0/s1. The zero-order valence-electron chi connectivity index (χ0n) is 35.1. The third-order valence-electron chi connectivity index (χ3n) is 12.7. The molecule has 1 aliphatic carbocycles. The molecule has 4 heterocycles. The summed E-state index contributed by atoms with van der Waals surface area (Å²) >= 11 is 12.8. The van der Waals surface area contributed by atoms with Crippen LogP contribution < -0.4 is 41.3 Å². The minimum Gasteiger partial charge on any atom is -0.504 e. The highest BCUT2D eigenvalue weighted by atomic mass is 35.5. The average Bonchev–Trinajstić information content (AvgIpc) is 3.67. The molecular weight excluding hydrogens is 869 g/mol. The quantitative estimate of drug-likeness (QED) is 0.131. The Kier molecular flexibility index (Phi) is 10.6. The molecule has 1 saturated heterocycles. The second kappa shape index (κ2) is 16.0. The van der Waals surface area contributed by atoms with E-state index in [2.05, 4.69) is 10.4 Å². The molecule has 0 bridgehead atoms. The Hall–Kier alpha value is -6.98. The lowest BCUT2D eigenvalue weighted by molar-refractivity contribution is -0.138. The molecule has 2 aromatic heterocycles. The minimum atomic E-state index is -1.75. The van der Waals surface area contributed by atoms with Gasteiger partial charge in [0.2, 0.25) is 0 Å². The van der Waals surface area contributed by atoms with E-state index in [4.69, 9.17) is 42.1 Å². The number of ether oxygens (including phenoxy) is 4. The van der Waals surface area contributed by atoms with E-state index in [0.717, 1.165) is 9.58 Å². The van der Waals surface area contributed by atoms with Gasteiger partial charge in [-0.3, -0.25) is 19.8 Å². The predicted molar refractivity (Wildman–Crippen MR) is 236 cm³/mol. The van der Waals surface area contributed by atoms with Gasteiger partial charge in [0.15, 0.2) is 23.0 Å². The summed E-state index contributed by atoms with van der Waals surface area (Å²) in [6, 6.07) is 18.6. The number of imide groups is 1. The van der Waals surface area contributed by atoms with Crippen molar-refractivity contribution in [3.05, 3.63) is 143 Å². The van der Waals surface area contributed by atoms with Gasteiger partial charge in [-0.2, -0.15) is 5.01 Å². The number of aryl methyl sites for hydroxylation is 2. The largest absolute Gasteiger partial charge is 0.504 e. The molecule has 4 aromatic carbocycles. The van der Waals surface area contributed by atoms with Crippen molar-refractivity contribution in [3.8, 4) is 28.7 Å². The lowest BCUT2D eigenvalue weighted by Crippen LogP contribution is -2.53. The van der Waals surface area contributed by atoms with Gasteiger partial charge in [-0.25, -0.2) is 28.5 Å². The number of carbonyl (C=O) groups is 2. The van der Waals surface area contributed by atoms with Crippen LogP contribution in [0.3, 0.4) is 0 Å². The number of methoxy groups -OCH3 is 4. The van der Waals surface area contributed by atoms with Crippen molar-refractivity contribution in [1.82, 2.24) is 28.5 Å². The molecule has 19 heteroatoms. The number of nitrogens with zero attached hydrogens (tertiary/aromatic N) is 6. The summed E-state index contributed by atoms with van der Waals surface area (Å²) < 4.78 is 26.9. The molecule has 0 unspecified atom stereocenters. The number of phenolic OH excluding ortho intramolecular Hbond substituents is 1. The van der Waals surface area contributed by atoms with E-state index in [1.54, 1.807) is 79.9 Å². The number of anilines is 1. The van der Waals surface area contributed by atoms with E-state index in [0.29, 0.717) is 44.4 Å². The molecule has 2 aliphatic heterocycles. The second-order valence-electron chi connectivity index (χ2n) is 15.7. The van der Waals surface area contributed by atoms with Crippen LogP contribution in [-0.2, 0) is 41.6 Å². The van der Waals surface area contributed by atoms with Gasteiger partial charge < -0.3 is 28.6 Å².